The van der Waals surface area contributed by atoms with Gasteiger partial charge in [-0.1, -0.05) is 22.9 Å². The summed E-state index contributed by atoms with van der Waals surface area (Å²) in [6.07, 6.45) is 0. The number of nitrogens with zero attached hydrogens (tertiary/aromatic N) is 5. The maximum atomic E-state index is 5.61. The Morgan fingerprint density at radius 3 is 2.53 bits per heavy atom. The molecule has 0 radical (unpaired) electrons. The molecule has 2 fully saturated rings. The maximum Gasteiger partial charge on any atom is 0.258 e. The molecule has 2 aliphatic heterocycles. The summed E-state index contributed by atoms with van der Waals surface area (Å²) in [7, 11) is 0. The lowest BCUT2D eigenvalue weighted by atomic mass is 10.1. The van der Waals surface area contributed by atoms with Crippen LogP contribution in [0.1, 0.15) is 10.4 Å². The number of morpholine rings is 2. The molecule has 0 amide bonds. The average molecular weight is 478 g/mol. The van der Waals surface area contributed by atoms with Gasteiger partial charge in [0.25, 0.3) is 5.89 Å². The van der Waals surface area contributed by atoms with Gasteiger partial charge in [-0.25, -0.2) is 4.98 Å². The molecule has 0 atom stereocenters. The van der Waals surface area contributed by atoms with Crippen molar-refractivity contribution in [3.8, 4) is 23.0 Å². The highest BCUT2D eigenvalue weighted by molar-refractivity contribution is 7.19. The Morgan fingerprint density at radius 2 is 1.74 bits per heavy atom. The van der Waals surface area contributed by atoms with Crippen molar-refractivity contribution in [3.63, 3.8) is 0 Å². The predicted molar refractivity (Wildman–Crippen MR) is 132 cm³/mol. The fourth-order valence-electron chi connectivity index (χ4n) is 4.49. The van der Waals surface area contributed by atoms with Crippen molar-refractivity contribution < 1.29 is 14.0 Å². The molecule has 1 aromatic carbocycles. The number of anilines is 1. The van der Waals surface area contributed by atoms with Crippen LogP contribution in [-0.2, 0) is 16.0 Å². The van der Waals surface area contributed by atoms with Gasteiger partial charge in [0.1, 0.15) is 5.69 Å². The second kappa shape index (κ2) is 9.42. The molecule has 9 heteroatoms. The van der Waals surface area contributed by atoms with Crippen molar-refractivity contribution in [2.75, 3.05) is 57.5 Å². The van der Waals surface area contributed by atoms with Gasteiger partial charge in [-0.2, -0.15) is 4.98 Å². The number of fused-ring (bicyclic) bond motifs is 1. The normalized spacial score (nSPS) is 17.5. The van der Waals surface area contributed by atoms with Crippen LogP contribution in [0.4, 0.5) is 5.69 Å². The summed E-state index contributed by atoms with van der Waals surface area (Å²) in [5.74, 6) is 1.01. The molecule has 0 saturated carbocycles. The quantitative estimate of drug-likeness (QED) is 0.427. The highest BCUT2D eigenvalue weighted by Crippen LogP contribution is 2.37. The number of rotatable bonds is 5. The highest BCUT2D eigenvalue weighted by Gasteiger charge is 2.22. The van der Waals surface area contributed by atoms with Crippen molar-refractivity contribution in [1.29, 1.82) is 0 Å². The summed E-state index contributed by atoms with van der Waals surface area (Å²) in [5.41, 5.74) is 4.94. The van der Waals surface area contributed by atoms with Gasteiger partial charge in [0.2, 0.25) is 5.82 Å². The predicted octanol–water partition coefficient (Wildman–Crippen LogP) is 3.99. The molecule has 5 heterocycles. The molecule has 4 aromatic rings. The van der Waals surface area contributed by atoms with E-state index >= 15 is 0 Å². The third kappa shape index (κ3) is 4.44. The zero-order chi connectivity index (χ0) is 22.9. The first-order valence-electron chi connectivity index (χ1n) is 11.7. The Balaban J connectivity index is 1.38. The van der Waals surface area contributed by atoms with Crippen molar-refractivity contribution in [2.45, 2.75) is 13.5 Å². The number of thiophene rings is 1. The lowest BCUT2D eigenvalue weighted by Gasteiger charge is -2.29. The zero-order valence-corrected chi connectivity index (χ0v) is 20.0. The minimum atomic E-state index is 0.506. The molecule has 2 aliphatic rings. The summed E-state index contributed by atoms with van der Waals surface area (Å²) in [6.45, 7) is 9.67. The SMILES string of the molecule is Cc1cccc(-c2nc(-c3cc(N4CCOCC4)c4sc(CN5CCOCC5)cc4n3)no2)c1. The number of hydrogen-bond donors (Lipinski definition) is 0. The minimum Gasteiger partial charge on any atom is -0.379 e. The van der Waals surface area contributed by atoms with Gasteiger partial charge < -0.3 is 18.9 Å². The van der Waals surface area contributed by atoms with Crippen LogP contribution in [0.25, 0.3) is 33.2 Å². The first-order chi connectivity index (χ1) is 16.7. The third-order valence-corrected chi connectivity index (χ3v) is 7.40. The molecule has 3 aromatic heterocycles. The molecule has 176 valence electrons. The molecule has 0 aliphatic carbocycles. The molecule has 0 unspecified atom stereocenters. The molecular formula is C25H27N5O3S. The monoisotopic (exact) mass is 477 g/mol. The fraction of sp³-hybridized carbons (Fsp3) is 0.400. The number of aromatic nitrogens is 3. The number of hydrogen-bond acceptors (Lipinski definition) is 9. The lowest BCUT2D eigenvalue weighted by molar-refractivity contribution is 0.0346. The van der Waals surface area contributed by atoms with Crippen LogP contribution in [0.3, 0.4) is 0 Å². The number of aryl methyl sites for hydroxylation is 1. The summed E-state index contributed by atoms with van der Waals surface area (Å²) in [6, 6.07) is 12.4. The van der Waals surface area contributed by atoms with E-state index in [4.69, 9.17) is 19.0 Å². The van der Waals surface area contributed by atoms with Crippen LogP contribution < -0.4 is 4.90 Å². The Morgan fingerprint density at radius 1 is 0.941 bits per heavy atom. The number of benzene rings is 1. The van der Waals surface area contributed by atoms with Crippen LogP contribution >= 0.6 is 11.3 Å². The molecular weight excluding hydrogens is 450 g/mol. The smallest absolute Gasteiger partial charge is 0.258 e. The third-order valence-electron chi connectivity index (χ3n) is 6.27. The van der Waals surface area contributed by atoms with Crippen LogP contribution in [0.2, 0.25) is 0 Å². The number of pyridine rings is 1. The summed E-state index contributed by atoms with van der Waals surface area (Å²) >= 11 is 1.83. The van der Waals surface area contributed by atoms with Gasteiger partial charge in [0.05, 0.1) is 42.3 Å². The molecule has 8 nitrogen and oxygen atoms in total. The van der Waals surface area contributed by atoms with E-state index in [9.17, 15) is 0 Å². The lowest BCUT2D eigenvalue weighted by Crippen LogP contribution is -2.36. The van der Waals surface area contributed by atoms with Crippen LogP contribution in [0, 0.1) is 6.92 Å². The van der Waals surface area contributed by atoms with Crippen molar-refractivity contribution in [3.05, 3.63) is 46.8 Å². The Hall–Kier alpha value is -2.85. The van der Waals surface area contributed by atoms with E-state index in [0.29, 0.717) is 11.7 Å². The Labute approximate surface area is 202 Å². The van der Waals surface area contributed by atoms with E-state index in [1.807, 2.05) is 29.5 Å². The molecule has 6 rings (SSSR count). The standard InChI is InChI=1S/C25H27N5O3S/c1-17-3-2-4-18(13-17)25-27-24(28-33-25)21-15-22(30-7-11-32-12-8-30)23-20(26-21)14-19(34-23)16-29-5-9-31-10-6-29/h2-4,13-15H,5-12,16H2,1H3. The highest BCUT2D eigenvalue weighted by atomic mass is 32.1. The van der Waals surface area contributed by atoms with E-state index in [-0.39, 0.29) is 0 Å². The van der Waals surface area contributed by atoms with E-state index in [1.165, 1.54) is 15.3 Å². The van der Waals surface area contributed by atoms with E-state index < -0.39 is 0 Å². The maximum absolute atomic E-state index is 5.61. The van der Waals surface area contributed by atoms with Crippen molar-refractivity contribution >= 4 is 27.2 Å². The van der Waals surface area contributed by atoms with Gasteiger partial charge in [-0.3, -0.25) is 4.90 Å². The van der Waals surface area contributed by atoms with E-state index in [1.54, 1.807) is 0 Å². The first-order valence-corrected chi connectivity index (χ1v) is 12.5. The molecule has 34 heavy (non-hydrogen) atoms. The van der Waals surface area contributed by atoms with Gasteiger partial charge in [-0.05, 0) is 31.2 Å². The molecule has 2 saturated heterocycles. The number of ether oxygens (including phenoxy) is 2. The fourth-order valence-corrected chi connectivity index (χ4v) is 5.67. The van der Waals surface area contributed by atoms with Crippen LogP contribution in [0.5, 0.6) is 0 Å². The average Bonchev–Trinajstić information content (AvgIpc) is 3.52. The van der Waals surface area contributed by atoms with Gasteiger partial charge in [0.15, 0.2) is 0 Å². The Bertz CT molecular complexity index is 1290. The van der Waals surface area contributed by atoms with Gasteiger partial charge in [0, 0.05) is 43.2 Å². The van der Waals surface area contributed by atoms with Gasteiger partial charge >= 0.3 is 0 Å². The van der Waals surface area contributed by atoms with Crippen molar-refractivity contribution in [1.82, 2.24) is 20.0 Å². The topological polar surface area (TPSA) is 76.8 Å². The second-order valence-corrected chi connectivity index (χ2v) is 9.87. The summed E-state index contributed by atoms with van der Waals surface area (Å²) in [4.78, 5) is 15.8. The second-order valence-electron chi connectivity index (χ2n) is 8.73. The van der Waals surface area contributed by atoms with E-state index in [0.717, 1.165) is 81.5 Å². The minimum absolute atomic E-state index is 0.506. The molecule has 0 spiro atoms. The molecule has 0 N–H and O–H groups in total. The largest absolute Gasteiger partial charge is 0.379 e. The van der Waals surface area contributed by atoms with E-state index in [2.05, 4.69) is 45.1 Å². The van der Waals surface area contributed by atoms with Crippen LogP contribution in [-0.4, -0.2) is 72.6 Å². The molecule has 0 bridgehead atoms. The first kappa shape index (κ1) is 21.7. The van der Waals surface area contributed by atoms with Gasteiger partial charge in [-0.15, -0.1) is 11.3 Å². The summed E-state index contributed by atoms with van der Waals surface area (Å²) in [5, 5.41) is 4.28. The van der Waals surface area contributed by atoms with Crippen LogP contribution in [0.15, 0.2) is 40.9 Å². The Kier molecular flexibility index (Phi) is 6.00. The summed E-state index contributed by atoms with van der Waals surface area (Å²) < 4.78 is 17.9. The van der Waals surface area contributed by atoms with Crippen molar-refractivity contribution in [2.24, 2.45) is 0 Å². The zero-order valence-electron chi connectivity index (χ0n) is 19.2.